The molecule has 0 atom stereocenters. The fourth-order valence-electron chi connectivity index (χ4n) is 7.96. The van der Waals surface area contributed by atoms with Gasteiger partial charge in [0.25, 0.3) is 0 Å². The summed E-state index contributed by atoms with van der Waals surface area (Å²) in [5.74, 6) is 0. The molecule has 300 valence electrons. The minimum atomic E-state index is 1.31. The predicted octanol–water partition coefficient (Wildman–Crippen LogP) is 17.3. The van der Waals surface area contributed by atoms with Crippen LogP contribution in [0.2, 0.25) is 0 Å². The Morgan fingerprint density at radius 3 is 1.02 bits per heavy atom. The zero-order valence-corrected chi connectivity index (χ0v) is 37.3. The molecule has 0 aliphatic rings. The Bertz CT molecular complexity index is 2920. The Hall–Kier alpha value is -6.50. The lowest BCUT2D eigenvalue weighted by Gasteiger charge is -2.13. The smallest absolute Gasteiger partial charge is 0.0149 e. The van der Waals surface area contributed by atoms with E-state index in [1.165, 1.54) is 109 Å². The second kappa shape index (κ2) is 20.0. The molecule has 0 aliphatic carbocycles. The fourth-order valence-corrected chi connectivity index (χ4v) is 7.96. The van der Waals surface area contributed by atoms with Gasteiger partial charge in [-0.25, -0.2) is 0 Å². The maximum Gasteiger partial charge on any atom is -0.0149 e. The molecule has 0 N–H and O–H groups in total. The van der Waals surface area contributed by atoms with Crippen LogP contribution in [0.1, 0.15) is 55.6 Å². The molecule has 60 heavy (non-hydrogen) atoms. The van der Waals surface area contributed by atoms with Crippen LogP contribution in [0.4, 0.5) is 0 Å². The van der Waals surface area contributed by atoms with Gasteiger partial charge < -0.3 is 0 Å². The molecule has 0 amide bonds. The molecule has 0 nitrogen and oxygen atoms in total. The van der Waals surface area contributed by atoms with Crippen LogP contribution in [-0.4, -0.2) is 0 Å². The number of benzene rings is 10. The maximum absolute atomic E-state index is 2.26. The van der Waals surface area contributed by atoms with Crippen molar-refractivity contribution in [3.05, 3.63) is 238 Å². The fraction of sp³-hybridized carbons (Fsp3) is 0.167. The molecule has 0 aliphatic heterocycles. The molecule has 0 bridgehead atoms. The largest absolute Gasteiger partial charge is 0.0616 e. The number of hydrogen-bond acceptors (Lipinski definition) is 0. The van der Waals surface area contributed by atoms with Crippen LogP contribution in [0.25, 0.3) is 53.9 Å². The van der Waals surface area contributed by atoms with E-state index in [9.17, 15) is 0 Å². The summed E-state index contributed by atoms with van der Waals surface area (Å²) in [6, 6.07) is 63.9. The van der Waals surface area contributed by atoms with Gasteiger partial charge in [-0.2, -0.15) is 0 Å². The lowest BCUT2D eigenvalue weighted by molar-refractivity contribution is 1.25. The van der Waals surface area contributed by atoms with Crippen LogP contribution in [0.3, 0.4) is 0 Å². The van der Waals surface area contributed by atoms with Gasteiger partial charge in [0.15, 0.2) is 0 Å². The Balaban J connectivity index is 0.000000126. The molecule has 0 aromatic heterocycles. The monoisotopic (exact) mass is 780 g/mol. The van der Waals surface area contributed by atoms with Crippen LogP contribution in [-0.2, 0) is 0 Å². The molecular weight excluding hydrogens is 721 g/mol. The molecule has 0 heterocycles. The van der Waals surface area contributed by atoms with Gasteiger partial charge in [-0.1, -0.05) is 182 Å². The molecule has 0 radical (unpaired) electrons. The highest BCUT2D eigenvalue weighted by Crippen LogP contribution is 2.29. The first kappa shape index (κ1) is 43.1. The van der Waals surface area contributed by atoms with Crippen LogP contribution in [0.15, 0.2) is 182 Å². The molecule has 0 saturated heterocycles. The summed E-state index contributed by atoms with van der Waals surface area (Å²) in [4.78, 5) is 0. The average Bonchev–Trinajstić information content (AvgIpc) is 3.29. The highest BCUT2D eigenvalue weighted by molar-refractivity contribution is 5.91. The summed E-state index contributed by atoms with van der Waals surface area (Å²) in [5.41, 5.74) is 14.0. The number of rotatable bonds is 0. The molecule has 10 rings (SSSR count). The third-order valence-corrected chi connectivity index (χ3v) is 12.4. The van der Waals surface area contributed by atoms with Crippen molar-refractivity contribution in [3.8, 4) is 0 Å². The molecule has 0 saturated carbocycles. The molecule has 0 unspecified atom stereocenters. The SMILES string of the molecule is Cc1c(C)c(C)c2ccccc2c1C.Cc1cc2ccccc2c(C)c1C.Cc1ccc2ccccc2c1C.Cc1cccc2ccccc12.c1ccc2ccccc2c1. The van der Waals surface area contributed by atoms with E-state index < -0.39 is 0 Å². The van der Waals surface area contributed by atoms with Gasteiger partial charge in [-0.3, -0.25) is 0 Å². The van der Waals surface area contributed by atoms with Crippen LogP contribution in [0.5, 0.6) is 0 Å². The van der Waals surface area contributed by atoms with E-state index in [1.54, 1.807) is 0 Å². The van der Waals surface area contributed by atoms with E-state index in [1.807, 2.05) is 0 Å². The zero-order chi connectivity index (χ0) is 42.8. The molecule has 0 heteroatoms. The van der Waals surface area contributed by atoms with Gasteiger partial charge in [0.1, 0.15) is 0 Å². The topological polar surface area (TPSA) is 0 Å². The Morgan fingerprint density at radius 1 is 0.183 bits per heavy atom. The number of aryl methyl sites for hydroxylation is 7. The van der Waals surface area contributed by atoms with Crippen molar-refractivity contribution in [2.24, 2.45) is 0 Å². The van der Waals surface area contributed by atoms with E-state index >= 15 is 0 Å². The minimum Gasteiger partial charge on any atom is -0.0616 e. The van der Waals surface area contributed by atoms with E-state index in [0.29, 0.717) is 0 Å². The van der Waals surface area contributed by atoms with Crippen LogP contribution >= 0.6 is 0 Å². The first-order valence-corrected chi connectivity index (χ1v) is 21.2. The summed E-state index contributed by atoms with van der Waals surface area (Å²) < 4.78 is 0. The van der Waals surface area contributed by atoms with Crippen molar-refractivity contribution in [1.29, 1.82) is 0 Å². The minimum absolute atomic E-state index is 1.31. The zero-order valence-electron chi connectivity index (χ0n) is 37.3. The van der Waals surface area contributed by atoms with Crippen LogP contribution < -0.4 is 0 Å². The van der Waals surface area contributed by atoms with Gasteiger partial charge >= 0.3 is 0 Å². The van der Waals surface area contributed by atoms with Crippen molar-refractivity contribution in [3.63, 3.8) is 0 Å². The first-order valence-electron chi connectivity index (χ1n) is 21.2. The Kier molecular flexibility index (Phi) is 14.3. The van der Waals surface area contributed by atoms with Crippen molar-refractivity contribution < 1.29 is 0 Å². The third kappa shape index (κ3) is 10.0. The maximum atomic E-state index is 2.26. The van der Waals surface area contributed by atoms with E-state index in [0.717, 1.165) is 0 Å². The highest BCUT2D eigenvalue weighted by Gasteiger charge is 2.07. The van der Waals surface area contributed by atoms with Gasteiger partial charge in [0.2, 0.25) is 0 Å². The Labute approximate surface area is 359 Å². The molecular formula is C60H60. The summed E-state index contributed by atoms with van der Waals surface area (Å²) in [5, 5.41) is 13.5. The first-order chi connectivity index (χ1) is 29.0. The Morgan fingerprint density at radius 2 is 0.533 bits per heavy atom. The average molecular weight is 781 g/mol. The second-order valence-corrected chi connectivity index (χ2v) is 16.1. The number of hydrogen-bond donors (Lipinski definition) is 0. The van der Waals surface area contributed by atoms with Gasteiger partial charge in [-0.05, 0) is 179 Å². The van der Waals surface area contributed by atoms with E-state index in [4.69, 9.17) is 0 Å². The summed E-state index contributed by atoms with van der Waals surface area (Å²) in [6.45, 7) is 21.9. The van der Waals surface area contributed by atoms with Crippen LogP contribution in [0, 0.1) is 69.2 Å². The standard InChI is InChI=1S/C14H16.C13H14.C12H12.C11H10.C10H8/c1-9-10(2)12(4)14-8-6-5-7-13(14)11(9)3;1-9-8-12-6-4-5-7-13(12)11(3)10(9)2;1-9-7-8-11-5-3-4-6-12(11)10(9)2;1-9-5-4-7-10-6-2-3-8-11(9)10;1-2-6-10-8-4-3-7-9(10)5-1/h5-8H,1-4H3;4-8H,1-3H3;3-8H,1-2H3;2-8H,1H3;1-8H. The number of fused-ring (bicyclic) bond motifs is 5. The van der Waals surface area contributed by atoms with E-state index in [-0.39, 0.29) is 0 Å². The van der Waals surface area contributed by atoms with Gasteiger partial charge in [-0.15, -0.1) is 0 Å². The van der Waals surface area contributed by atoms with Gasteiger partial charge in [0, 0.05) is 0 Å². The van der Waals surface area contributed by atoms with Gasteiger partial charge in [0.05, 0.1) is 0 Å². The third-order valence-electron chi connectivity index (χ3n) is 12.4. The second-order valence-electron chi connectivity index (χ2n) is 16.1. The normalized spacial score (nSPS) is 10.5. The van der Waals surface area contributed by atoms with Crippen molar-refractivity contribution in [2.75, 3.05) is 0 Å². The molecule has 10 aromatic rings. The summed E-state index contributed by atoms with van der Waals surface area (Å²) >= 11 is 0. The highest BCUT2D eigenvalue weighted by atomic mass is 14.1. The summed E-state index contributed by atoms with van der Waals surface area (Å²) in [6.07, 6.45) is 0. The molecule has 0 spiro atoms. The summed E-state index contributed by atoms with van der Waals surface area (Å²) in [7, 11) is 0. The lowest BCUT2D eigenvalue weighted by Crippen LogP contribution is -1.93. The predicted molar refractivity (Wildman–Crippen MR) is 267 cm³/mol. The molecule has 0 fully saturated rings. The van der Waals surface area contributed by atoms with Crippen molar-refractivity contribution >= 4 is 53.9 Å². The lowest BCUT2D eigenvalue weighted by atomic mass is 9.92. The van der Waals surface area contributed by atoms with Crippen molar-refractivity contribution in [2.45, 2.75) is 69.2 Å². The van der Waals surface area contributed by atoms with Crippen molar-refractivity contribution in [1.82, 2.24) is 0 Å². The quantitative estimate of drug-likeness (QED) is 0.144. The molecule has 10 aromatic carbocycles. The van der Waals surface area contributed by atoms with E-state index in [2.05, 4.69) is 251 Å².